The van der Waals surface area contributed by atoms with E-state index in [1.54, 1.807) is 0 Å². The highest BCUT2D eigenvalue weighted by molar-refractivity contribution is 5.40. The predicted octanol–water partition coefficient (Wildman–Crippen LogP) is 2.17. The van der Waals surface area contributed by atoms with Crippen LogP contribution in [0.4, 0.5) is 5.82 Å². The zero-order valence-electron chi connectivity index (χ0n) is 9.25. The summed E-state index contributed by atoms with van der Waals surface area (Å²) in [5.74, 6) is 3.24. The molecule has 0 saturated carbocycles. The van der Waals surface area contributed by atoms with Crippen LogP contribution in [0.3, 0.4) is 0 Å². The van der Waals surface area contributed by atoms with Gasteiger partial charge in [0.15, 0.2) is 0 Å². The Morgan fingerprint density at radius 2 is 2.21 bits per heavy atom. The van der Waals surface area contributed by atoms with Crippen LogP contribution < -0.4 is 5.73 Å². The maximum Gasteiger partial charge on any atom is 0.127 e. The number of anilines is 1. The minimum Gasteiger partial charge on any atom is -0.384 e. The second-order valence-corrected chi connectivity index (χ2v) is 4.71. The first-order valence-electron chi connectivity index (χ1n) is 5.44. The topological polar surface area (TPSA) is 43.8 Å². The molecule has 1 unspecified atom stereocenters. The fourth-order valence-electron chi connectivity index (χ4n) is 2.13. The zero-order valence-corrected chi connectivity index (χ0v) is 9.25. The molecule has 1 atom stereocenters. The second-order valence-electron chi connectivity index (χ2n) is 4.71. The van der Waals surface area contributed by atoms with Gasteiger partial charge in [0.2, 0.25) is 0 Å². The Labute approximate surface area is 85.3 Å². The van der Waals surface area contributed by atoms with Crippen molar-refractivity contribution in [1.82, 2.24) is 9.55 Å². The summed E-state index contributed by atoms with van der Waals surface area (Å²) in [6, 6.07) is 0. The summed E-state index contributed by atoms with van der Waals surface area (Å²) < 4.78 is 2.20. The summed E-state index contributed by atoms with van der Waals surface area (Å²) in [7, 11) is 0. The number of rotatable bonds is 1. The van der Waals surface area contributed by atoms with Crippen molar-refractivity contribution in [2.24, 2.45) is 5.92 Å². The number of aromatic nitrogens is 2. The highest BCUT2D eigenvalue weighted by atomic mass is 15.2. The van der Waals surface area contributed by atoms with Gasteiger partial charge >= 0.3 is 0 Å². The molecule has 0 bridgehead atoms. The van der Waals surface area contributed by atoms with Gasteiger partial charge in [0.1, 0.15) is 11.6 Å². The van der Waals surface area contributed by atoms with E-state index in [2.05, 4.69) is 30.3 Å². The van der Waals surface area contributed by atoms with Crippen LogP contribution in [0.2, 0.25) is 0 Å². The molecule has 3 nitrogen and oxygen atoms in total. The van der Waals surface area contributed by atoms with E-state index in [0.29, 0.717) is 5.92 Å². The van der Waals surface area contributed by atoms with Crippen molar-refractivity contribution >= 4 is 5.82 Å². The van der Waals surface area contributed by atoms with Gasteiger partial charge in [0.05, 0.1) is 5.69 Å². The molecule has 1 aromatic rings. The van der Waals surface area contributed by atoms with Crippen LogP contribution >= 0.6 is 0 Å². The molecule has 14 heavy (non-hydrogen) atoms. The van der Waals surface area contributed by atoms with E-state index in [4.69, 9.17) is 5.73 Å². The van der Waals surface area contributed by atoms with Gasteiger partial charge in [-0.15, -0.1) is 0 Å². The van der Waals surface area contributed by atoms with E-state index in [1.165, 1.54) is 12.2 Å². The van der Waals surface area contributed by atoms with Crippen molar-refractivity contribution in [2.75, 3.05) is 5.73 Å². The Bertz CT molecular complexity index is 339. The van der Waals surface area contributed by atoms with Crippen LogP contribution in [0.1, 0.15) is 44.6 Å². The molecule has 0 radical (unpaired) electrons. The van der Waals surface area contributed by atoms with E-state index in [9.17, 15) is 0 Å². The number of nitrogens with zero attached hydrogens (tertiary/aromatic N) is 2. The molecule has 1 aromatic heterocycles. The third kappa shape index (κ3) is 1.41. The molecule has 0 amide bonds. The van der Waals surface area contributed by atoms with E-state index in [1.807, 2.05) is 0 Å². The van der Waals surface area contributed by atoms with Gasteiger partial charge < -0.3 is 10.3 Å². The molecule has 2 rings (SSSR count). The lowest BCUT2D eigenvalue weighted by Gasteiger charge is -2.20. The SMILES string of the molecule is CC1CCc2nc(C(C)C)c(N)n2C1. The van der Waals surface area contributed by atoms with Crippen LogP contribution in [-0.4, -0.2) is 9.55 Å². The van der Waals surface area contributed by atoms with E-state index in [-0.39, 0.29) is 0 Å². The molecule has 2 heterocycles. The first kappa shape index (κ1) is 9.56. The molecule has 0 aromatic carbocycles. The summed E-state index contributed by atoms with van der Waals surface area (Å²) in [5, 5.41) is 0. The second kappa shape index (κ2) is 3.30. The number of hydrogen-bond donors (Lipinski definition) is 1. The maximum absolute atomic E-state index is 6.09. The molecule has 78 valence electrons. The van der Waals surface area contributed by atoms with Crippen molar-refractivity contribution in [2.45, 2.75) is 46.1 Å². The maximum atomic E-state index is 6.09. The first-order valence-corrected chi connectivity index (χ1v) is 5.44. The zero-order chi connectivity index (χ0) is 10.3. The number of nitrogens with two attached hydrogens (primary N) is 1. The van der Waals surface area contributed by atoms with Crippen molar-refractivity contribution in [3.8, 4) is 0 Å². The fraction of sp³-hybridized carbons (Fsp3) is 0.727. The fourth-order valence-corrected chi connectivity index (χ4v) is 2.13. The van der Waals surface area contributed by atoms with Gasteiger partial charge in [-0.05, 0) is 18.3 Å². The van der Waals surface area contributed by atoms with E-state index < -0.39 is 0 Å². The normalized spacial score (nSPS) is 21.3. The van der Waals surface area contributed by atoms with Crippen LogP contribution in [0.5, 0.6) is 0 Å². The van der Waals surface area contributed by atoms with Crippen molar-refractivity contribution in [3.63, 3.8) is 0 Å². The highest BCUT2D eigenvalue weighted by Crippen LogP contribution is 2.28. The molecular weight excluding hydrogens is 174 g/mol. The Morgan fingerprint density at radius 1 is 1.50 bits per heavy atom. The summed E-state index contributed by atoms with van der Waals surface area (Å²) in [5.41, 5.74) is 7.17. The lowest BCUT2D eigenvalue weighted by atomic mass is 10.0. The molecule has 2 N–H and O–H groups in total. The van der Waals surface area contributed by atoms with Crippen molar-refractivity contribution in [3.05, 3.63) is 11.5 Å². The van der Waals surface area contributed by atoms with Gasteiger partial charge in [-0.25, -0.2) is 4.98 Å². The average Bonchev–Trinajstić information content (AvgIpc) is 2.44. The van der Waals surface area contributed by atoms with Gasteiger partial charge in [-0.1, -0.05) is 20.8 Å². The molecule has 0 fully saturated rings. The summed E-state index contributed by atoms with van der Waals surface area (Å²) in [4.78, 5) is 4.62. The van der Waals surface area contributed by atoms with Crippen LogP contribution in [0.15, 0.2) is 0 Å². The number of hydrogen-bond acceptors (Lipinski definition) is 2. The molecule has 0 spiro atoms. The van der Waals surface area contributed by atoms with Crippen LogP contribution in [0, 0.1) is 5.92 Å². The van der Waals surface area contributed by atoms with Gasteiger partial charge in [-0.3, -0.25) is 0 Å². The lowest BCUT2D eigenvalue weighted by Crippen LogP contribution is -2.19. The molecule has 1 aliphatic rings. The Morgan fingerprint density at radius 3 is 2.86 bits per heavy atom. The number of fused-ring (bicyclic) bond motifs is 1. The summed E-state index contributed by atoms with van der Waals surface area (Å²) >= 11 is 0. The van der Waals surface area contributed by atoms with Crippen molar-refractivity contribution < 1.29 is 0 Å². The molecular formula is C11H19N3. The molecule has 0 aliphatic carbocycles. The van der Waals surface area contributed by atoms with Gasteiger partial charge in [0, 0.05) is 13.0 Å². The number of imidazole rings is 1. The monoisotopic (exact) mass is 193 g/mol. The smallest absolute Gasteiger partial charge is 0.127 e. The predicted molar refractivity (Wildman–Crippen MR) is 58.2 cm³/mol. The Hall–Kier alpha value is -0.990. The summed E-state index contributed by atoms with van der Waals surface area (Å²) in [6.45, 7) is 7.61. The molecule has 0 saturated heterocycles. The average molecular weight is 193 g/mol. The minimum atomic E-state index is 0.434. The Kier molecular flexibility index (Phi) is 2.25. The quantitative estimate of drug-likeness (QED) is 0.742. The Balaban J connectivity index is 2.41. The molecule has 3 heteroatoms. The first-order chi connectivity index (χ1) is 6.59. The van der Waals surface area contributed by atoms with E-state index in [0.717, 1.165) is 30.4 Å². The highest BCUT2D eigenvalue weighted by Gasteiger charge is 2.22. The number of aryl methyl sites for hydroxylation is 1. The standard InChI is InChI=1S/C11H19N3/c1-7(2)10-11(12)14-6-8(3)4-5-9(14)13-10/h7-8H,4-6,12H2,1-3H3. The minimum absolute atomic E-state index is 0.434. The van der Waals surface area contributed by atoms with Gasteiger partial charge in [0.25, 0.3) is 0 Å². The van der Waals surface area contributed by atoms with E-state index >= 15 is 0 Å². The van der Waals surface area contributed by atoms with Crippen LogP contribution in [-0.2, 0) is 13.0 Å². The van der Waals surface area contributed by atoms with Gasteiger partial charge in [-0.2, -0.15) is 0 Å². The number of nitrogen functional groups attached to an aromatic ring is 1. The molecule has 1 aliphatic heterocycles. The van der Waals surface area contributed by atoms with Crippen molar-refractivity contribution in [1.29, 1.82) is 0 Å². The third-order valence-corrected chi connectivity index (χ3v) is 3.02. The largest absolute Gasteiger partial charge is 0.384 e. The third-order valence-electron chi connectivity index (χ3n) is 3.02. The summed E-state index contributed by atoms with van der Waals surface area (Å²) in [6.07, 6.45) is 2.33. The van der Waals surface area contributed by atoms with Crippen LogP contribution in [0.25, 0.3) is 0 Å². The lowest BCUT2D eigenvalue weighted by molar-refractivity contribution is 0.397.